The van der Waals surface area contributed by atoms with Gasteiger partial charge in [-0.15, -0.1) is 0 Å². The third kappa shape index (κ3) is 12.9. The van der Waals surface area contributed by atoms with E-state index in [9.17, 15) is 0 Å². The fraction of sp³-hybridized carbons (Fsp3) is 0.0667. The van der Waals surface area contributed by atoms with Crippen molar-refractivity contribution in [1.82, 2.24) is 0 Å². The van der Waals surface area contributed by atoms with Crippen LogP contribution in [0.1, 0.15) is 74.9 Å². The first-order valence-corrected chi connectivity index (χ1v) is 47.6. The third-order valence-electron chi connectivity index (χ3n) is 30.1. The molecule has 636 valence electrons. The van der Waals surface area contributed by atoms with Gasteiger partial charge in [-0.3, -0.25) is 0 Å². The van der Waals surface area contributed by atoms with Gasteiger partial charge in [0.15, 0.2) is 0 Å². The summed E-state index contributed by atoms with van der Waals surface area (Å²) in [5.41, 5.74) is 39.4. The summed E-state index contributed by atoms with van der Waals surface area (Å²) in [5.74, 6) is 0. The van der Waals surface area contributed by atoms with Gasteiger partial charge < -0.3 is 0 Å². The SMILES string of the molecule is CC1(C)c2ccccc2-c2cccc(-c3c4ccccc4c(-c4cccc(-c5ccc6ccccc6c5)c4)c4ccccc34)c21.CC1(C)c2ccccc2-c2cccc(-c3c4ccccc4c(-c4ccccc4-c4ccc5ccccc5c4)c4ccccc34)c21.CC1(C)c2ccccc2-c2cccc(-c3c4ccccc4c(-c4ccccc4-c4cccc5ccccc45)c4ccccc34)c21. The second-order valence-electron chi connectivity index (χ2n) is 38.5. The van der Waals surface area contributed by atoms with Crippen LogP contribution < -0.4 is 0 Å². The van der Waals surface area contributed by atoms with E-state index in [1.54, 1.807) is 0 Å². The largest absolute Gasteiger partial charge is 0.0619 e. The molecular weight excluding hydrogens is 1620 g/mol. The molecule has 0 bridgehead atoms. The Bertz CT molecular complexity index is 8850. The maximum Gasteiger partial charge on any atom is 0.0165 e. The van der Waals surface area contributed by atoms with E-state index in [1.807, 2.05) is 0 Å². The van der Waals surface area contributed by atoms with E-state index >= 15 is 0 Å². The van der Waals surface area contributed by atoms with Crippen LogP contribution >= 0.6 is 0 Å². The molecule has 3 aliphatic rings. The zero-order valence-corrected chi connectivity index (χ0v) is 76.5. The second kappa shape index (κ2) is 32.0. The Hall–Kier alpha value is -16.4. The lowest BCUT2D eigenvalue weighted by molar-refractivity contribution is 0.662. The molecule has 0 aliphatic heterocycles. The van der Waals surface area contributed by atoms with Crippen LogP contribution in [0.3, 0.4) is 0 Å². The predicted molar refractivity (Wildman–Crippen MR) is 578 cm³/mol. The van der Waals surface area contributed by atoms with Gasteiger partial charge in [-0.2, -0.15) is 0 Å². The summed E-state index contributed by atoms with van der Waals surface area (Å²) in [6.45, 7) is 14.3. The summed E-state index contributed by atoms with van der Waals surface area (Å²) in [4.78, 5) is 0. The fourth-order valence-electron chi connectivity index (χ4n) is 24.2. The molecule has 24 aromatic rings. The second-order valence-corrected chi connectivity index (χ2v) is 38.5. The lowest BCUT2D eigenvalue weighted by atomic mass is 9.76. The molecular formula is C135H96. The van der Waals surface area contributed by atoms with Crippen LogP contribution in [0.25, 0.3) is 230 Å². The van der Waals surface area contributed by atoms with E-state index in [2.05, 4.69) is 515 Å². The van der Waals surface area contributed by atoms with E-state index in [0.717, 1.165) is 0 Å². The molecule has 3 aliphatic carbocycles. The Labute approximate surface area is 789 Å². The molecule has 0 amide bonds. The molecule has 27 rings (SSSR count). The van der Waals surface area contributed by atoms with Gasteiger partial charge in [-0.25, -0.2) is 0 Å². The smallest absolute Gasteiger partial charge is 0.0165 e. The quantitative estimate of drug-likeness (QED) is 0.126. The molecule has 0 heterocycles. The van der Waals surface area contributed by atoms with Crippen LogP contribution in [0.2, 0.25) is 0 Å². The van der Waals surface area contributed by atoms with Gasteiger partial charge in [0.05, 0.1) is 0 Å². The van der Waals surface area contributed by atoms with Gasteiger partial charge >= 0.3 is 0 Å². The molecule has 24 aromatic carbocycles. The number of hydrogen-bond acceptors (Lipinski definition) is 0. The average molecular weight is 1720 g/mol. The molecule has 0 saturated carbocycles. The zero-order chi connectivity index (χ0) is 90.4. The van der Waals surface area contributed by atoms with Crippen molar-refractivity contribution in [1.29, 1.82) is 0 Å². The summed E-state index contributed by atoms with van der Waals surface area (Å²) in [7, 11) is 0. The average Bonchev–Trinajstić information content (AvgIpc) is 1.64. The highest BCUT2D eigenvalue weighted by Gasteiger charge is 2.42. The van der Waals surface area contributed by atoms with Crippen molar-refractivity contribution < 1.29 is 0 Å². The molecule has 0 spiro atoms. The van der Waals surface area contributed by atoms with Gasteiger partial charge in [0.25, 0.3) is 0 Å². The first-order valence-electron chi connectivity index (χ1n) is 47.6. The fourth-order valence-corrected chi connectivity index (χ4v) is 24.2. The Balaban J connectivity index is 0.000000108. The predicted octanol–water partition coefficient (Wildman–Crippen LogP) is 37.4. The summed E-state index contributed by atoms with van der Waals surface area (Å²) >= 11 is 0. The number of fused-ring (bicyclic) bond motifs is 18. The first-order chi connectivity index (χ1) is 66.3. The summed E-state index contributed by atoms with van der Waals surface area (Å²) in [6.07, 6.45) is 0. The highest BCUT2D eigenvalue weighted by Crippen LogP contribution is 2.60. The Kier molecular flexibility index (Phi) is 19.1. The minimum Gasteiger partial charge on any atom is -0.0619 e. The van der Waals surface area contributed by atoms with Gasteiger partial charge in [0.1, 0.15) is 0 Å². The Morgan fingerprint density at radius 3 is 0.741 bits per heavy atom. The van der Waals surface area contributed by atoms with Crippen LogP contribution in [0.4, 0.5) is 0 Å². The minimum atomic E-state index is -0.107. The zero-order valence-electron chi connectivity index (χ0n) is 76.5. The Morgan fingerprint density at radius 2 is 0.348 bits per heavy atom. The van der Waals surface area contributed by atoms with Crippen molar-refractivity contribution in [3.8, 4) is 134 Å². The normalized spacial score (nSPS) is 13.3. The van der Waals surface area contributed by atoms with E-state index in [-0.39, 0.29) is 16.2 Å². The molecule has 0 nitrogen and oxygen atoms in total. The van der Waals surface area contributed by atoms with Crippen molar-refractivity contribution in [3.63, 3.8) is 0 Å². The maximum absolute atomic E-state index is 2.39. The molecule has 0 saturated heterocycles. The third-order valence-corrected chi connectivity index (χ3v) is 30.1. The van der Waals surface area contributed by atoms with Crippen molar-refractivity contribution in [2.24, 2.45) is 0 Å². The van der Waals surface area contributed by atoms with E-state index in [1.165, 1.54) is 264 Å². The van der Waals surface area contributed by atoms with Gasteiger partial charge in [0.2, 0.25) is 0 Å². The van der Waals surface area contributed by atoms with Gasteiger partial charge in [-0.1, -0.05) is 497 Å². The topological polar surface area (TPSA) is 0 Å². The number of benzene rings is 24. The van der Waals surface area contributed by atoms with Crippen LogP contribution in [0.15, 0.2) is 473 Å². The molecule has 0 radical (unpaired) electrons. The molecule has 0 unspecified atom stereocenters. The monoisotopic (exact) mass is 1720 g/mol. The van der Waals surface area contributed by atoms with Crippen LogP contribution in [-0.2, 0) is 16.2 Å². The van der Waals surface area contributed by atoms with Crippen LogP contribution in [0.5, 0.6) is 0 Å². The van der Waals surface area contributed by atoms with Crippen LogP contribution in [0, 0.1) is 0 Å². The lowest BCUT2D eigenvalue weighted by Crippen LogP contribution is -2.16. The van der Waals surface area contributed by atoms with Crippen LogP contribution in [-0.4, -0.2) is 0 Å². The maximum atomic E-state index is 2.39. The molecule has 0 heteroatoms. The van der Waals surface area contributed by atoms with E-state index in [4.69, 9.17) is 0 Å². The van der Waals surface area contributed by atoms with E-state index < -0.39 is 0 Å². The first kappa shape index (κ1) is 80.7. The van der Waals surface area contributed by atoms with Crippen molar-refractivity contribution in [2.75, 3.05) is 0 Å². The number of hydrogen-bond donors (Lipinski definition) is 0. The highest BCUT2D eigenvalue weighted by atomic mass is 14.4. The summed E-state index contributed by atoms with van der Waals surface area (Å²) < 4.78 is 0. The summed E-state index contributed by atoms with van der Waals surface area (Å²) in [5, 5.41) is 23.0. The molecule has 135 heavy (non-hydrogen) atoms. The van der Waals surface area contributed by atoms with Gasteiger partial charge in [0, 0.05) is 16.2 Å². The van der Waals surface area contributed by atoms with Crippen molar-refractivity contribution >= 4 is 97.0 Å². The highest BCUT2D eigenvalue weighted by molar-refractivity contribution is 6.27. The summed E-state index contributed by atoms with van der Waals surface area (Å²) in [6, 6.07) is 175. The molecule has 0 atom stereocenters. The molecule has 0 aromatic heterocycles. The number of rotatable bonds is 9. The molecule has 0 N–H and O–H groups in total. The standard InChI is InChI=1S/3C45H32/c1-45(2)41-24-10-9-17-34(41)39-22-12-23-40(44(39)45)43-37-20-7-5-18-35(37)42(36-19-6-8-21-38(36)43)33-16-11-15-31(28-33)32-26-25-29-13-3-4-14-30(29)27-32;1-45(2)41-28-12-11-19-33(41)39-26-14-27-40(44(39)45)43-37-23-9-7-21-35(37)42(36-22-8-10-24-38(36)43)34-20-6-5-18-32(34)31-25-13-16-29-15-3-4-17-30(29)31;1-45(2)41-25-12-11-17-33(41)39-23-13-24-40(44(39)45)43-37-21-9-7-19-35(37)42(36-20-8-10-22-38(36)43)34-18-6-5-16-32(34)31-27-26-29-14-3-4-15-30(29)28-31/h3*3-28H,1-2H3. The minimum absolute atomic E-state index is 0.0996. The van der Waals surface area contributed by atoms with Crippen molar-refractivity contribution in [2.45, 2.75) is 57.8 Å². The van der Waals surface area contributed by atoms with Crippen molar-refractivity contribution in [3.05, 3.63) is 507 Å². The lowest BCUT2D eigenvalue weighted by Gasteiger charge is -2.26. The van der Waals surface area contributed by atoms with E-state index in [0.29, 0.717) is 0 Å². The van der Waals surface area contributed by atoms with Gasteiger partial charge in [-0.05, 0) is 282 Å². The Morgan fingerprint density at radius 1 is 0.119 bits per heavy atom. The molecule has 0 fully saturated rings.